The fourth-order valence-corrected chi connectivity index (χ4v) is 2.28. The number of nitro groups is 1. The maximum absolute atomic E-state index is 12.3. The van der Waals surface area contributed by atoms with Crippen molar-refractivity contribution in [2.75, 3.05) is 0 Å². The Morgan fingerprint density at radius 1 is 1.36 bits per heavy atom. The summed E-state index contributed by atoms with van der Waals surface area (Å²) < 4.78 is 0. The van der Waals surface area contributed by atoms with E-state index in [9.17, 15) is 29.3 Å². The Morgan fingerprint density at radius 3 is 2.68 bits per heavy atom. The molecule has 2 rings (SSSR count). The highest BCUT2D eigenvalue weighted by atomic mass is 16.6. The van der Waals surface area contributed by atoms with Crippen LogP contribution in [0.3, 0.4) is 0 Å². The quantitative estimate of drug-likeness (QED) is 0.326. The summed E-state index contributed by atoms with van der Waals surface area (Å²) in [5.74, 6) is -1.95. The molecule has 0 saturated carbocycles. The van der Waals surface area contributed by atoms with Crippen molar-refractivity contribution in [1.29, 1.82) is 0 Å². The van der Waals surface area contributed by atoms with Crippen molar-refractivity contribution < 1.29 is 29.2 Å². The van der Waals surface area contributed by atoms with Gasteiger partial charge in [-0.15, -0.1) is 0 Å². The summed E-state index contributed by atoms with van der Waals surface area (Å²) in [4.78, 5) is 55.9. The first-order valence-corrected chi connectivity index (χ1v) is 7.16. The molecule has 1 saturated heterocycles. The zero-order chi connectivity index (χ0) is 18.6. The predicted molar refractivity (Wildman–Crippen MR) is 81.6 cm³/mol. The second-order valence-corrected chi connectivity index (χ2v) is 5.24. The molecule has 1 heterocycles. The minimum Gasteiger partial charge on any atom is -0.465 e. The van der Waals surface area contributed by atoms with Gasteiger partial charge in [0.25, 0.3) is 11.6 Å². The Balaban J connectivity index is 2.17. The van der Waals surface area contributed by atoms with E-state index < -0.39 is 40.5 Å². The van der Waals surface area contributed by atoms with Crippen LogP contribution in [0.5, 0.6) is 0 Å². The Kier molecular flexibility index (Phi) is 5.27. The van der Waals surface area contributed by atoms with Crippen molar-refractivity contribution >= 4 is 29.5 Å². The van der Waals surface area contributed by atoms with Crippen LogP contribution in [0.2, 0.25) is 0 Å². The van der Waals surface area contributed by atoms with Crippen LogP contribution in [-0.4, -0.2) is 39.9 Å². The molecular formula is C14H14N4O7. The number of piperidine rings is 1. The van der Waals surface area contributed by atoms with E-state index in [0.717, 1.165) is 6.07 Å². The van der Waals surface area contributed by atoms with Gasteiger partial charge in [-0.05, 0) is 18.1 Å². The van der Waals surface area contributed by atoms with E-state index in [2.05, 4.69) is 16.0 Å². The summed E-state index contributed by atoms with van der Waals surface area (Å²) >= 11 is 0. The topological polar surface area (TPSA) is 168 Å². The molecule has 0 aliphatic carbocycles. The summed E-state index contributed by atoms with van der Waals surface area (Å²) in [6.07, 6.45) is -1.13. The van der Waals surface area contributed by atoms with E-state index in [1.54, 1.807) is 0 Å². The van der Waals surface area contributed by atoms with Gasteiger partial charge in [0.15, 0.2) is 0 Å². The standard InChI is InChI=1S/C14H14N4O7/c19-11-4-3-9(13(21)17-11)16-12(20)8-2-1-7(6-15-14(22)23)5-10(8)18(24)25/h1-2,5,9,15H,3-4,6H2,(H,16,20)(H,22,23)(H,17,19,21). The maximum Gasteiger partial charge on any atom is 0.404 e. The molecule has 4 N–H and O–H groups in total. The van der Waals surface area contributed by atoms with Crippen molar-refractivity contribution in [1.82, 2.24) is 16.0 Å². The molecular weight excluding hydrogens is 336 g/mol. The van der Waals surface area contributed by atoms with Gasteiger partial charge in [0.2, 0.25) is 11.8 Å². The Labute approximate surface area is 140 Å². The summed E-state index contributed by atoms with van der Waals surface area (Å²) in [5, 5.41) is 26.2. The molecule has 0 bridgehead atoms. The number of benzene rings is 1. The highest BCUT2D eigenvalue weighted by Crippen LogP contribution is 2.21. The summed E-state index contributed by atoms with van der Waals surface area (Å²) in [6, 6.07) is 2.66. The monoisotopic (exact) mass is 350 g/mol. The third kappa shape index (κ3) is 4.50. The Morgan fingerprint density at radius 2 is 2.08 bits per heavy atom. The molecule has 132 valence electrons. The zero-order valence-corrected chi connectivity index (χ0v) is 12.8. The average Bonchev–Trinajstić information content (AvgIpc) is 2.55. The van der Waals surface area contributed by atoms with E-state index in [1.807, 2.05) is 0 Å². The minimum atomic E-state index is -1.29. The van der Waals surface area contributed by atoms with Crippen molar-refractivity contribution in [2.24, 2.45) is 0 Å². The van der Waals surface area contributed by atoms with Crippen LogP contribution >= 0.6 is 0 Å². The number of hydrogen-bond acceptors (Lipinski definition) is 6. The average molecular weight is 350 g/mol. The molecule has 0 radical (unpaired) electrons. The number of nitrogens with zero attached hydrogens (tertiary/aromatic N) is 1. The van der Waals surface area contributed by atoms with Crippen molar-refractivity contribution in [3.63, 3.8) is 0 Å². The van der Waals surface area contributed by atoms with Gasteiger partial charge in [0, 0.05) is 19.0 Å². The molecule has 0 spiro atoms. The summed E-state index contributed by atoms with van der Waals surface area (Å²) in [7, 11) is 0. The van der Waals surface area contributed by atoms with E-state index in [4.69, 9.17) is 5.11 Å². The van der Waals surface area contributed by atoms with Crippen LogP contribution in [0.1, 0.15) is 28.8 Å². The molecule has 25 heavy (non-hydrogen) atoms. The molecule has 11 nitrogen and oxygen atoms in total. The summed E-state index contributed by atoms with van der Waals surface area (Å²) in [5.41, 5.74) is -0.491. The Bertz CT molecular complexity index is 762. The van der Waals surface area contributed by atoms with E-state index in [0.29, 0.717) is 5.56 Å². The smallest absolute Gasteiger partial charge is 0.404 e. The van der Waals surface area contributed by atoms with E-state index in [1.165, 1.54) is 12.1 Å². The SMILES string of the molecule is O=C(O)NCc1ccc(C(=O)NC2CCC(=O)NC2=O)c([N+](=O)[O-])c1. The number of carboxylic acid groups (broad SMARTS) is 1. The van der Waals surface area contributed by atoms with Gasteiger partial charge in [0.05, 0.1) is 4.92 Å². The lowest BCUT2D eigenvalue weighted by Crippen LogP contribution is -2.52. The first-order valence-electron chi connectivity index (χ1n) is 7.16. The van der Waals surface area contributed by atoms with E-state index >= 15 is 0 Å². The third-order valence-electron chi connectivity index (χ3n) is 3.49. The summed E-state index contributed by atoms with van der Waals surface area (Å²) in [6.45, 7) is -0.161. The van der Waals surface area contributed by atoms with Gasteiger partial charge < -0.3 is 15.7 Å². The van der Waals surface area contributed by atoms with Crippen molar-refractivity contribution in [2.45, 2.75) is 25.4 Å². The molecule has 1 aromatic rings. The zero-order valence-electron chi connectivity index (χ0n) is 12.8. The lowest BCUT2D eigenvalue weighted by atomic mass is 10.0. The van der Waals surface area contributed by atoms with Gasteiger partial charge in [0.1, 0.15) is 11.6 Å². The molecule has 1 fully saturated rings. The lowest BCUT2D eigenvalue weighted by Gasteiger charge is -2.21. The number of nitrogens with one attached hydrogen (secondary N) is 3. The number of carbonyl (C=O) groups is 4. The minimum absolute atomic E-state index is 0.0541. The van der Waals surface area contributed by atoms with Crippen LogP contribution in [0.25, 0.3) is 0 Å². The fourth-order valence-electron chi connectivity index (χ4n) is 2.28. The van der Waals surface area contributed by atoms with Crippen molar-refractivity contribution in [3.8, 4) is 0 Å². The molecule has 1 unspecified atom stereocenters. The second kappa shape index (κ2) is 7.38. The fraction of sp³-hybridized carbons (Fsp3) is 0.286. The third-order valence-corrected chi connectivity index (χ3v) is 3.49. The van der Waals surface area contributed by atoms with Gasteiger partial charge in [-0.3, -0.25) is 29.8 Å². The van der Waals surface area contributed by atoms with Gasteiger partial charge in [-0.1, -0.05) is 6.07 Å². The predicted octanol–water partition coefficient (Wildman–Crippen LogP) is -0.103. The molecule has 0 aromatic heterocycles. The van der Waals surface area contributed by atoms with Gasteiger partial charge >= 0.3 is 6.09 Å². The number of amides is 4. The molecule has 11 heteroatoms. The molecule has 4 amide bonds. The lowest BCUT2D eigenvalue weighted by molar-refractivity contribution is -0.385. The van der Waals surface area contributed by atoms with Crippen LogP contribution in [-0.2, 0) is 16.1 Å². The second-order valence-electron chi connectivity index (χ2n) is 5.24. The highest BCUT2D eigenvalue weighted by Gasteiger charge is 2.30. The van der Waals surface area contributed by atoms with Crippen LogP contribution in [0.4, 0.5) is 10.5 Å². The van der Waals surface area contributed by atoms with E-state index in [-0.39, 0.29) is 24.9 Å². The molecule has 1 aliphatic rings. The number of carbonyl (C=O) groups excluding carboxylic acids is 3. The number of nitro benzene ring substituents is 1. The van der Waals surface area contributed by atoms with Gasteiger partial charge in [-0.25, -0.2) is 4.79 Å². The molecule has 1 aromatic carbocycles. The first kappa shape index (κ1) is 17.8. The molecule has 1 aliphatic heterocycles. The largest absolute Gasteiger partial charge is 0.465 e. The highest BCUT2D eigenvalue weighted by molar-refractivity contribution is 6.04. The molecule has 1 atom stereocenters. The first-order chi connectivity index (χ1) is 11.8. The number of rotatable bonds is 5. The van der Waals surface area contributed by atoms with Gasteiger partial charge in [-0.2, -0.15) is 0 Å². The van der Waals surface area contributed by atoms with Crippen LogP contribution < -0.4 is 16.0 Å². The Hall–Kier alpha value is -3.50. The number of hydrogen-bond donors (Lipinski definition) is 4. The number of imide groups is 1. The van der Waals surface area contributed by atoms with Crippen molar-refractivity contribution in [3.05, 3.63) is 39.4 Å². The normalized spacial score (nSPS) is 16.7. The van der Waals surface area contributed by atoms with Crippen LogP contribution in [0, 0.1) is 10.1 Å². The van der Waals surface area contributed by atoms with Crippen LogP contribution in [0.15, 0.2) is 18.2 Å². The maximum atomic E-state index is 12.3.